The number of carbonyl (C=O) groups is 1. The number of nitrogens with zero attached hydrogens (tertiary/aromatic N) is 6. The third kappa shape index (κ3) is 3.46. The number of amides is 1. The Bertz CT molecular complexity index is 1160. The minimum absolute atomic E-state index is 0.201. The van der Waals surface area contributed by atoms with Crippen molar-refractivity contribution < 1.29 is 4.79 Å². The zero-order valence-corrected chi connectivity index (χ0v) is 16.2. The summed E-state index contributed by atoms with van der Waals surface area (Å²) in [5, 5.41) is 12.8. The molecule has 0 spiro atoms. The Morgan fingerprint density at radius 3 is 2.82 bits per heavy atom. The molecule has 0 bridgehead atoms. The quantitative estimate of drug-likeness (QED) is 0.561. The summed E-state index contributed by atoms with van der Waals surface area (Å²) in [6.07, 6.45) is 8.51. The van der Waals surface area contributed by atoms with E-state index in [2.05, 4.69) is 25.5 Å². The van der Waals surface area contributed by atoms with Crippen LogP contribution in [0.4, 0.5) is 0 Å². The molecule has 0 aliphatic heterocycles. The Hall–Kier alpha value is -3.26. The molecule has 4 heterocycles. The summed E-state index contributed by atoms with van der Waals surface area (Å²) < 4.78 is 3.43. The van der Waals surface area contributed by atoms with Gasteiger partial charge in [-0.05, 0) is 37.1 Å². The first-order chi connectivity index (χ1) is 13.5. The van der Waals surface area contributed by atoms with Gasteiger partial charge in [-0.1, -0.05) is 11.6 Å². The minimum Gasteiger partial charge on any atom is -0.351 e. The van der Waals surface area contributed by atoms with E-state index in [0.29, 0.717) is 23.8 Å². The van der Waals surface area contributed by atoms with Crippen LogP contribution in [0.3, 0.4) is 0 Å². The van der Waals surface area contributed by atoms with Gasteiger partial charge in [0, 0.05) is 25.1 Å². The Morgan fingerprint density at radius 2 is 2.11 bits per heavy atom. The molecule has 0 aromatic carbocycles. The summed E-state index contributed by atoms with van der Waals surface area (Å²) in [5.74, 6) is 0.524. The van der Waals surface area contributed by atoms with Crippen molar-refractivity contribution in [3.05, 3.63) is 65.0 Å². The highest BCUT2D eigenvalue weighted by Crippen LogP contribution is 2.18. The van der Waals surface area contributed by atoms with Crippen molar-refractivity contribution in [1.82, 2.24) is 34.8 Å². The highest BCUT2D eigenvalue weighted by molar-refractivity contribution is 6.30. The molecule has 1 amide bonds. The van der Waals surface area contributed by atoms with Crippen molar-refractivity contribution in [2.24, 2.45) is 0 Å². The summed E-state index contributed by atoms with van der Waals surface area (Å²) in [6.45, 7) is 4.91. The summed E-state index contributed by atoms with van der Waals surface area (Å²) in [4.78, 5) is 20.9. The van der Waals surface area contributed by atoms with Crippen LogP contribution in [0.2, 0.25) is 5.02 Å². The van der Waals surface area contributed by atoms with Gasteiger partial charge in [0.05, 0.1) is 34.9 Å². The lowest BCUT2D eigenvalue weighted by Gasteiger charge is -2.07. The average molecular weight is 396 g/mol. The number of nitrogens with one attached hydrogen (secondary N) is 1. The molecule has 0 atom stereocenters. The van der Waals surface area contributed by atoms with Gasteiger partial charge in [-0.15, -0.1) is 0 Å². The molecule has 9 heteroatoms. The van der Waals surface area contributed by atoms with E-state index < -0.39 is 0 Å². The molecular weight excluding hydrogens is 378 g/mol. The van der Waals surface area contributed by atoms with Crippen LogP contribution in [0.15, 0.2) is 43.1 Å². The Kier molecular flexibility index (Phi) is 4.79. The first-order valence-corrected chi connectivity index (χ1v) is 9.19. The highest BCUT2D eigenvalue weighted by Gasteiger charge is 2.14. The maximum Gasteiger partial charge on any atom is 0.270 e. The third-order valence-electron chi connectivity index (χ3n) is 4.25. The second-order valence-electron chi connectivity index (χ2n) is 6.37. The van der Waals surface area contributed by atoms with Crippen molar-refractivity contribution in [3.63, 3.8) is 0 Å². The highest BCUT2D eigenvalue weighted by atomic mass is 35.5. The number of pyridine rings is 2. The SMILES string of the molecule is CCNC(=O)c1nccc2nn(Cc3cnc(-n4cc(Cl)cn4)c(C)c3)cc12. The van der Waals surface area contributed by atoms with Crippen LogP contribution < -0.4 is 5.32 Å². The number of hydrogen-bond donors (Lipinski definition) is 1. The standard InChI is InChI=1S/C19H18ClN7O/c1-3-21-19(28)17-15-11-26(25-16(15)4-5-22-17)9-13-6-12(2)18(23-7-13)27-10-14(20)8-24-27/h4-8,10-11H,3,9H2,1-2H3,(H,21,28). The molecular formula is C19H18ClN7O. The third-order valence-corrected chi connectivity index (χ3v) is 4.45. The van der Waals surface area contributed by atoms with Crippen LogP contribution in [0, 0.1) is 6.92 Å². The lowest BCUT2D eigenvalue weighted by molar-refractivity contribution is 0.0952. The van der Waals surface area contributed by atoms with Gasteiger partial charge in [-0.2, -0.15) is 10.2 Å². The largest absolute Gasteiger partial charge is 0.351 e. The van der Waals surface area contributed by atoms with Gasteiger partial charge < -0.3 is 5.32 Å². The number of rotatable bonds is 5. The van der Waals surface area contributed by atoms with Crippen molar-refractivity contribution >= 4 is 28.4 Å². The van der Waals surface area contributed by atoms with E-state index in [9.17, 15) is 4.79 Å². The molecule has 28 heavy (non-hydrogen) atoms. The average Bonchev–Trinajstić information content (AvgIpc) is 3.27. The first-order valence-electron chi connectivity index (χ1n) is 8.81. The predicted molar refractivity (Wildman–Crippen MR) is 106 cm³/mol. The lowest BCUT2D eigenvalue weighted by atomic mass is 10.2. The van der Waals surface area contributed by atoms with Gasteiger partial charge >= 0.3 is 0 Å². The molecule has 0 unspecified atom stereocenters. The monoisotopic (exact) mass is 395 g/mol. The maximum absolute atomic E-state index is 12.2. The second kappa shape index (κ2) is 7.40. The molecule has 4 aromatic rings. The van der Waals surface area contributed by atoms with Crippen LogP contribution in [-0.2, 0) is 6.54 Å². The van der Waals surface area contributed by atoms with E-state index in [4.69, 9.17) is 11.6 Å². The van der Waals surface area contributed by atoms with E-state index in [1.165, 1.54) is 0 Å². The molecule has 142 valence electrons. The molecule has 0 saturated heterocycles. The van der Waals surface area contributed by atoms with E-state index in [1.807, 2.05) is 26.1 Å². The van der Waals surface area contributed by atoms with E-state index >= 15 is 0 Å². The molecule has 0 aliphatic rings. The van der Waals surface area contributed by atoms with Crippen molar-refractivity contribution in [3.8, 4) is 5.82 Å². The fourth-order valence-corrected chi connectivity index (χ4v) is 3.19. The summed E-state index contributed by atoms with van der Waals surface area (Å²) in [6, 6.07) is 3.83. The maximum atomic E-state index is 12.2. The number of aryl methyl sites for hydroxylation is 1. The van der Waals surface area contributed by atoms with Crippen molar-refractivity contribution in [2.45, 2.75) is 20.4 Å². The van der Waals surface area contributed by atoms with E-state index in [0.717, 1.165) is 27.8 Å². The van der Waals surface area contributed by atoms with Crippen LogP contribution in [0.25, 0.3) is 16.7 Å². The zero-order chi connectivity index (χ0) is 19.7. The number of carbonyl (C=O) groups excluding carboxylic acids is 1. The number of hydrogen-bond acceptors (Lipinski definition) is 5. The van der Waals surface area contributed by atoms with Gasteiger partial charge in [0.15, 0.2) is 5.82 Å². The van der Waals surface area contributed by atoms with Gasteiger partial charge in [0.25, 0.3) is 5.91 Å². The van der Waals surface area contributed by atoms with Gasteiger partial charge in [-0.3, -0.25) is 14.5 Å². The Labute approximate surface area is 166 Å². The minimum atomic E-state index is -0.201. The van der Waals surface area contributed by atoms with Crippen LogP contribution in [0.5, 0.6) is 0 Å². The molecule has 0 fully saturated rings. The van der Waals surface area contributed by atoms with Gasteiger partial charge in [-0.25, -0.2) is 9.67 Å². The van der Waals surface area contributed by atoms with E-state index in [-0.39, 0.29) is 5.91 Å². The van der Waals surface area contributed by atoms with Crippen molar-refractivity contribution in [1.29, 1.82) is 0 Å². The lowest BCUT2D eigenvalue weighted by Crippen LogP contribution is -2.23. The summed E-state index contributed by atoms with van der Waals surface area (Å²) in [5.41, 5.74) is 3.06. The number of fused-ring (bicyclic) bond motifs is 1. The van der Waals surface area contributed by atoms with E-state index in [1.54, 1.807) is 40.2 Å². The molecule has 0 radical (unpaired) electrons. The molecule has 0 saturated carbocycles. The molecule has 4 rings (SSSR count). The number of aromatic nitrogens is 6. The van der Waals surface area contributed by atoms with Gasteiger partial charge in [0.1, 0.15) is 5.69 Å². The molecule has 1 N–H and O–H groups in total. The summed E-state index contributed by atoms with van der Waals surface area (Å²) in [7, 11) is 0. The normalized spacial score (nSPS) is 11.1. The van der Waals surface area contributed by atoms with Crippen LogP contribution in [0.1, 0.15) is 28.5 Å². The number of halogens is 1. The topological polar surface area (TPSA) is 90.5 Å². The van der Waals surface area contributed by atoms with Crippen LogP contribution >= 0.6 is 11.6 Å². The Balaban J connectivity index is 1.62. The molecule has 0 aliphatic carbocycles. The summed E-state index contributed by atoms with van der Waals surface area (Å²) >= 11 is 5.94. The Morgan fingerprint density at radius 1 is 1.25 bits per heavy atom. The molecule has 8 nitrogen and oxygen atoms in total. The first kappa shape index (κ1) is 18.1. The van der Waals surface area contributed by atoms with Gasteiger partial charge in [0.2, 0.25) is 0 Å². The fourth-order valence-electron chi connectivity index (χ4n) is 3.06. The second-order valence-corrected chi connectivity index (χ2v) is 6.80. The fraction of sp³-hybridized carbons (Fsp3) is 0.211. The molecule has 4 aromatic heterocycles. The zero-order valence-electron chi connectivity index (χ0n) is 15.4. The van der Waals surface area contributed by atoms with Crippen molar-refractivity contribution in [2.75, 3.05) is 6.54 Å². The smallest absolute Gasteiger partial charge is 0.270 e. The predicted octanol–water partition coefficient (Wildman–Crippen LogP) is 2.77. The van der Waals surface area contributed by atoms with Crippen LogP contribution in [-0.4, -0.2) is 42.0 Å².